The van der Waals surface area contributed by atoms with Crippen molar-refractivity contribution in [3.63, 3.8) is 0 Å². The normalized spacial score (nSPS) is 14.5. The van der Waals surface area contributed by atoms with Crippen molar-refractivity contribution in [2.24, 2.45) is 5.73 Å². The van der Waals surface area contributed by atoms with Crippen molar-refractivity contribution in [3.05, 3.63) is 34.3 Å². The monoisotopic (exact) mass is 283 g/mol. The molecular formula is C13H18BrNO. The Morgan fingerprint density at radius 2 is 2.06 bits per heavy atom. The molecule has 3 heteroatoms. The minimum absolute atomic E-state index is 0.0984. The smallest absolute Gasteiger partial charge is 0.156 e. The number of halogens is 1. The molecule has 2 N–H and O–H groups in total. The number of ketones is 1. The average Bonchev–Trinajstić information content (AvgIpc) is 2.21. The Hall–Kier alpha value is -0.670. The fraction of sp³-hybridized carbons (Fsp3) is 0.462. The Labute approximate surface area is 105 Å². The Morgan fingerprint density at radius 1 is 1.44 bits per heavy atom. The van der Waals surface area contributed by atoms with Gasteiger partial charge < -0.3 is 5.73 Å². The van der Waals surface area contributed by atoms with Crippen LogP contribution in [0.3, 0.4) is 0 Å². The van der Waals surface area contributed by atoms with Crippen LogP contribution < -0.4 is 5.73 Å². The van der Waals surface area contributed by atoms with Gasteiger partial charge in [-0.1, -0.05) is 47.5 Å². The summed E-state index contributed by atoms with van der Waals surface area (Å²) >= 11 is 3.44. The molecule has 0 aliphatic carbocycles. The minimum Gasteiger partial charge on any atom is -0.319 e. The number of hydrogen-bond acceptors (Lipinski definition) is 2. The van der Waals surface area contributed by atoms with Crippen molar-refractivity contribution in [3.8, 4) is 0 Å². The van der Waals surface area contributed by atoms with Crippen molar-refractivity contribution >= 4 is 21.7 Å². The van der Waals surface area contributed by atoms with Crippen LogP contribution in [0.1, 0.15) is 32.3 Å². The third-order valence-electron chi connectivity index (χ3n) is 2.72. The van der Waals surface area contributed by atoms with E-state index in [-0.39, 0.29) is 5.78 Å². The van der Waals surface area contributed by atoms with Gasteiger partial charge in [0.2, 0.25) is 0 Å². The van der Waals surface area contributed by atoms with Gasteiger partial charge in [-0.05, 0) is 25.0 Å². The molecule has 1 rings (SSSR count). The second kappa shape index (κ2) is 5.60. The fourth-order valence-electron chi connectivity index (χ4n) is 1.68. The summed E-state index contributed by atoms with van der Waals surface area (Å²) in [5.74, 6) is 0.0984. The predicted molar refractivity (Wildman–Crippen MR) is 70.4 cm³/mol. The number of benzene rings is 1. The van der Waals surface area contributed by atoms with Crippen LogP contribution in [0.4, 0.5) is 0 Å². The van der Waals surface area contributed by atoms with Gasteiger partial charge in [-0.15, -0.1) is 0 Å². The van der Waals surface area contributed by atoms with Crippen LogP contribution in [-0.2, 0) is 11.2 Å². The molecule has 1 aromatic rings. The zero-order chi connectivity index (χ0) is 12.2. The quantitative estimate of drug-likeness (QED) is 0.903. The lowest BCUT2D eigenvalue weighted by atomic mass is 9.89. The van der Waals surface area contributed by atoms with Gasteiger partial charge in [0.25, 0.3) is 0 Å². The first kappa shape index (κ1) is 13.4. The summed E-state index contributed by atoms with van der Waals surface area (Å²) in [4.78, 5) is 12.0. The summed E-state index contributed by atoms with van der Waals surface area (Å²) in [6.07, 6.45) is 2.05. The van der Waals surface area contributed by atoms with E-state index in [0.717, 1.165) is 22.9 Å². The molecule has 0 saturated heterocycles. The topological polar surface area (TPSA) is 43.1 Å². The zero-order valence-electron chi connectivity index (χ0n) is 9.79. The largest absolute Gasteiger partial charge is 0.319 e. The molecule has 0 heterocycles. The molecule has 2 nitrogen and oxygen atoms in total. The molecule has 0 radical (unpaired) electrons. The Kier molecular flexibility index (Phi) is 4.69. The molecule has 0 amide bonds. The Morgan fingerprint density at radius 3 is 2.62 bits per heavy atom. The highest BCUT2D eigenvalue weighted by atomic mass is 79.9. The first-order valence-corrected chi connectivity index (χ1v) is 6.32. The van der Waals surface area contributed by atoms with Crippen LogP contribution in [0, 0.1) is 0 Å². The maximum absolute atomic E-state index is 12.0. The van der Waals surface area contributed by atoms with Crippen LogP contribution in [0.5, 0.6) is 0 Å². The van der Waals surface area contributed by atoms with Gasteiger partial charge in [0, 0.05) is 10.9 Å². The summed E-state index contributed by atoms with van der Waals surface area (Å²) in [6, 6.07) is 7.76. The second-order valence-electron chi connectivity index (χ2n) is 4.36. The second-order valence-corrected chi connectivity index (χ2v) is 5.21. The maximum Gasteiger partial charge on any atom is 0.156 e. The van der Waals surface area contributed by atoms with E-state index in [0.29, 0.717) is 6.42 Å². The lowest BCUT2D eigenvalue weighted by Gasteiger charge is -2.22. The van der Waals surface area contributed by atoms with Crippen LogP contribution in [0.2, 0.25) is 0 Å². The molecule has 0 saturated carbocycles. The maximum atomic E-state index is 12.0. The molecule has 0 bridgehead atoms. The molecule has 16 heavy (non-hydrogen) atoms. The van der Waals surface area contributed by atoms with Crippen molar-refractivity contribution in [2.45, 2.75) is 38.6 Å². The number of hydrogen-bond donors (Lipinski definition) is 1. The van der Waals surface area contributed by atoms with Crippen LogP contribution in [0.25, 0.3) is 0 Å². The first-order valence-electron chi connectivity index (χ1n) is 5.53. The van der Waals surface area contributed by atoms with E-state index in [2.05, 4.69) is 15.9 Å². The van der Waals surface area contributed by atoms with E-state index < -0.39 is 5.54 Å². The Balaban J connectivity index is 2.75. The number of Topliss-reactive ketones (excluding diaryl/α,β-unsaturated/α-hetero) is 1. The van der Waals surface area contributed by atoms with E-state index in [1.54, 1.807) is 0 Å². The van der Waals surface area contributed by atoms with Gasteiger partial charge >= 0.3 is 0 Å². The van der Waals surface area contributed by atoms with Crippen molar-refractivity contribution in [2.75, 3.05) is 0 Å². The highest BCUT2D eigenvalue weighted by molar-refractivity contribution is 9.10. The number of nitrogens with two attached hydrogens (primary N) is 1. The molecule has 0 aromatic heterocycles. The first-order chi connectivity index (χ1) is 7.47. The standard InChI is InChI=1S/C13H18BrNO/c1-3-8-13(2,15)12(16)9-10-6-4-5-7-11(10)14/h4-7H,3,8-9,15H2,1-2H3. The van der Waals surface area contributed by atoms with Gasteiger partial charge in [0.15, 0.2) is 5.78 Å². The van der Waals surface area contributed by atoms with E-state index >= 15 is 0 Å². The lowest BCUT2D eigenvalue weighted by molar-refractivity contribution is -0.123. The summed E-state index contributed by atoms with van der Waals surface area (Å²) < 4.78 is 0.968. The van der Waals surface area contributed by atoms with E-state index in [4.69, 9.17) is 5.73 Å². The van der Waals surface area contributed by atoms with Crippen LogP contribution in [-0.4, -0.2) is 11.3 Å². The summed E-state index contributed by atoms with van der Waals surface area (Å²) in [7, 11) is 0. The lowest BCUT2D eigenvalue weighted by Crippen LogP contribution is -2.45. The molecule has 0 aliphatic heterocycles. The van der Waals surface area contributed by atoms with Gasteiger partial charge in [0.05, 0.1) is 5.54 Å². The number of rotatable bonds is 5. The SMILES string of the molecule is CCCC(C)(N)C(=O)Cc1ccccc1Br. The third-order valence-corrected chi connectivity index (χ3v) is 3.49. The van der Waals surface area contributed by atoms with Crippen LogP contribution >= 0.6 is 15.9 Å². The molecule has 0 aliphatic rings. The molecule has 1 unspecified atom stereocenters. The van der Waals surface area contributed by atoms with E-state index in [9.17, 15) is 4.79 Å². The van der Waals surface area contributed by atoms with E-state index in [1.807, 2.05) is 38.1 Å². The van der Waals surface area contributed by atoms with Crippen molar-refractivity contribution in [1.82, 2.24) is 0 Å². The average molecular weight is 284 g/mol. The van der Waals surface area contributed by atoms with Gasteiger partial charge in [-0.3, -0.25) is 4.79 Å². The van der Waals surface area contributed by atoms with Crippen LogP contribution in [0.15, 0.2) is 28.7 Å². The summed E-state index contributed by atoms with van der Waals surface area (Å²) in [5, 5.41) is 0. The van der Waals surface area contributed by atoms with Crippen molar-refractivity contribution < 1.29 is 4.79 Å². The molecule has 0 spiro atoms. The molecule has 1 aromatic carbocycles. The number of carbonyl (C=O) groups excluding carboxylic acids is 1. The molecular weight excluding hydrogens is 266 g/mol. The third kappa shape index (κ3) is 3.42. The Bertz CT molecular complexity index is 374. The minimum atomic E-state index is -0.704. The molecule has 88 valence electrons. The highest BCUT2D eigenvalue weighted by Gasteiger charge is 2.27. The van der Waals surface area contributed by atoms with Gasteiger partial charge in [-0.2, -0.15) is 0 Å². The molecule has 0 fully saturated rings. The van der Waals surface area contributed by atoms with Gasteiger partial charge in [0.1, 0.15) is 0 Å². The highest BCUT2D eigenvalue weighted by Crippen LogP contribution is 2.19. The number of carbonyl (C=O) groups is 1. The zero-order valence-corrected chi connectivity index (χ0v) is 11.4. The summed E-state index contributed by atoms with van der Waals surface area (Å²) in [6.45, 7) is 3.85. The van der Waals surface area contributed by atoms with Crippen molar-refractivity contribution in [1.29, 1.82) is 0 Å². The van der Waals surface area contributed by atoms with E-state index in [1.165, 1.54) is 0 Å². The predicted octanol–water partition coefficient (Wildman–Crippen LogP) is 3.08. The fourth-order valence-corrected chi connectivity index (χ4v) is 2.10. The molecule has 1 atom stereocenters. The van der Waals surface area contributed by atoms with Gasteiger partial charge in [-0.25, -0.2) is 0 Å². The summed E-state index contributed by atoms with van der Waals surface area (Å²) in [5.41, 5.74) is 6.30.